The first kappa shape index (κ1) is 15.1. The van der Waals surface area contributed by atoms with E-state index in [1.54, 1.807) is 0 Å². The van der Waals surface area contributed by atoms with Gasteiger partial charge >= 0.3 is 0 Å². The third-order valence-electron chi connectivity index (χ3n) is 6.61. The monoisotopic (exact) mass is 323 g/mol. The van der Waals surface area contributed by atoms with Crippen LogP contribution in [-0.4, -0.2) is 49.3 Å². The van der Waals surface area contributed by atoms with Crippen LogP contribution in [-0.2, 0) is 4.74 Å². The van der Waals surface area contributed by atoms with Gasteiger partial charge in [0, 0.05) is 42.3 Å². The van der Waals surface area contributed by atoms with Crippen molar-refractivity contribution in [2.24, 2.45) is 16.3 Å². The number of nitrogens with zero attached hydrogens (tertiary/aromatic N) is 1. The fraction of sp³-hybridized carbons (Fsp3) is 0.941. The molecule has 3 saturated carbocycles. The van der Waals surface area contributed by atoms with E-state index in [9.17, 15) is 0 Å². The van der Waals surface area contributed by atoms with Crippen LogP contribution < -0.4 is 10.6 Å². The molecule has 0 aromatic carbocycles. The van der Waals surface area contributed by atoms with Gasteiger partial charge in [-0.05, 0) is 44.8 Å². The minimum Gasteiger partial charge on any atom is -0.377 e. The largest absolute Gasteiger partial charge is 0.377 e. The first-order valence-corrected chi connectivity index (χ1v) is 10.2. The van der Waals surface area contributed by atoms with Crippen molar-refractivity contribution >= 4 is 17.7 Å². The van der Waals surface area contributed by atoms with Gasteiger partial charge < -0.3 is 15.4 Å². The van der Waals surface area contributed by atoms with Gasteiger partial charge in [-0.25, -0.2) is 0 Å². The van der Waals surface area contributed by atoms with Crippen molar-refractivity contribution in [1.82, 2.24) is 10.6 Å². The Morgan fingerprint density at radius 1 is 1.23 bits per heavy atom. The van der Waals surface area contributed by atoms with E-state index in [-0.39, 0.29) is 0 Å². The lowest BCUT2D eigenvalue weighted by molar-refractivity contribution is -0.171. The average molecular weight is 324 g/mol. The molecule has 5 unspecified atom stereocenters. The molecule has 1 spiro atoms. The van der Waals surface area contributed by atoms with Gasteiger partial charge in [0.15, 0.2) is 5.96 Å². The second-order valence-corrected chi connectivity index (χ2v) is 8.67. The van der Waals surface area contributed by atoms with Crippen molar-refractivity contribution in [2.45, 2.75) is 68.4 Å². The molecule has 124 valence electrons. The van der Waals surface area contributed by atoms with Gasteiger partial charge in [0.2, 0.25) is 0 Å². The molecule has 5 heteroatoms. The van der Waals surface area contributed by atoms with Crippen LogP contribution in [0.2, 0.25) is 0 Å². The molecule has 1 aliphatic heterocycles. The Bertz CT molecular complexity index is 451. The molecule has 0 aromatic heterocycles. The average Bonchev–Trinajstić information content (AvgIpc) is 3.09. The van der Waals surface area contributed by atoms with Crippen LogP contribution in [0.4, 0.5) is 0 Å². The van der Waals surface area contributed by atoms with Gasteiger partial charge in [-0.3, -0.25) is 4.99 Å². The molecule has 4 fully saturated rings. The SMILES string of the molecule is CN=C(NC1CCC(SC)C1)NC1C2CCOC2C12CCC2. The molecule has 1 saturated heterocycles. The highest BCUT2D eigenvalue weighted by Gasteiger charge is 2.66. The number of aliphatic imine (C=N–C) groups is 1. The van der Waals surface area contributed by atoms with Gasteiger partial charge in [0.1, 0.15) is 0 Å². The molecule has 0 radical (unpaired) electrons. The summed E-state index contributed by atoms with van der Waals surface area (Å²) in [6.07, 6.45) is 11.9. The Kier molecular flexibility index (Phi) is 4.05. The van der Waals surface area contributed by atoms with Crippen molar-refractivity contribution in [3.8, 4) is 0 Å². The summed E-state index contributed by atoms with van der Waals surface area (Å²) in [6.45, 7) is 0.958. The number of ether oxygens (including phenoxy) is 1. The second-order valence-electron chi connectivity index (χ2n) is 7.54. The van der Waals surface area contributed by atoms with Crippen LogP contribution >= 0.6 is 11.8 Å². The zero-order valence-corrected chi connectivity index (χ0v) is 14.6. The summed E-state index contributed by atoms with van der Waals surface area (Å²) in [5, 5.41) is 8.28. The quantitative estimate of drug-likeness (QED) is 0.618. The van der Waals surface area contributed by atoms with Crippen LogP contribution in [0.25, 0.3) is 0 Å². The summed E-state index contributed by atoms with van der Waals surface area (Å²) in [5.74, 6) is 1.73. The smallest absolute Gasteiger partial charge is 0.191 e. The number of guanidine groups is 1. The first-order chi connectivity index (χ1) is 10.8. The molecule has 4 rings (SSSR count). The molecule has 5 atom stereocenters. The fourth-order valence-electron chi connectivity index (χ4n) is 5.25. The van der Waals surface area contributed by atoms with E-state index >= 15 is 0 Å². The number of hydrogen-bond donors (Lipinski definition) is 2. The fourth-order valence-corrected chi connectivity index (χ4v) is 6.05. The van der Waals surface area contributed by atoms with E-state index in [0.717, 1.165) is 17.8 Å². The molecule has 22 heavy (non-hydrogen) atoms. The van der Waals surface area contributed by atoms with E-state index < -0.39 is 0 Å². The van der Waals surface area contributed by atoms with Gasteiger partial charge in [-0.2, -0.15) is 11.8 Å². The van der Waals surface area contributed by atoms with E-state index in [0.29, 0.717) is 29.5 Å². The maximum atomic E-state index is 6.01. The van der Waals surface area contributed by atoms with Crippen molar-refractivity contribution in [3.05, 3.63) is 0 Å². The zero-order chi connectivity index (χ0) is 15.2. The maximum absolute atomic E-state index is 6.01. The minimum absolute atomic E-state index is 0.427. The lowest BCUT2D eigenvalue weighted by Crippen LogP contribution is -2.72. The van der Waals surface area contributed by atoms with Crippen molar-refractivity contribution < 1.29 is 4.74 Å². The molecule has 1 heterocycles. The molecule has 0 amide bonds. The Morgan fingerprint density at radius 3 is 2.73 bits per heavy atom. The summed E-state index contributed by atoms with van der Waals surface area (Å²) in [4.78, 5) is 4.51. The Morgan fingerprint density at radius 2 is 2.09 bits per heavy atom. The molecule has 0 aromatic rings. The highest BCUT2D eigenvalue weighted by atomic mass is 32.2. The van der Waals surface area contributed by atoms with E-state index in [4.69, 9.17) is 4.74 Å². The first-order valence-electron chi connectivity index (χ1n) is 8.91. The Labute approximate surface area is 138 Å². The molecular formula is C17H29N3OS. The van der Waals surface area contributed by atoms with Crippen LogP contribution in [0.1, 0.15) is 44.9 Å². The minimum atomic E-state index is 0.427. The number of nitrogens with one attached hydrogen (secondary N) is 2. The maximum Gasteiger partial charge on any atom is 0.191 e. The highest BCUT2D eigenvalue weighted by molar-refractivity contribution is 7.99. The zero-order valence-electron chi connectivity index (χ0n) is 13.8. The van der Waals surface area contributed by atoms with Gasteiger partial charge in [0.05, 0.1) is 6.10 Å². The number of thioether (sulfide) groups is 1. The van der Waals surface area contributed by atoms with Crippen molar-refractivity contribution in [1.29, 1.82) is 0 Å². The molecule has 0 bridgehead atoms. The topological polar surface area (TPSA) is 45.7 Å². The predicted octanol–water partition coefficient (Wildman–Crippen LogP) is 2.39. The Hall–Kier alpha value is -0.420. The predicted molar refractivity (Wildman–Crippen MR) is 92.5 cm³/mol. The molecule has 3 aliphatic carbocycles. The lowest BCUT2D eigenvalue weighted by atomic mass is 9.46. The summed E-state index contributed by atoms with van der Waals surface area (Å²) in [6, 6.07) is 1.18. The normalized spacial score (nSPS) is 42.6. The summed E-state index contributed by atoms with van der Waals surface area (Å²) >= 11 is 2.01. The van der Waals surface area contributed by atoms with Gasteiger partial charge in [-0.15, -0.1) is 0 Å². The van der Waals surface area contributed by atoms with Crippen LogP contribution in [0.15, 0.2) is 4.99 Å². The molecular weight excluding hydrogens is 294 g/mol. The van der Waals surface area contributed by atoms with Gasteiger partial charge in [0.25, 0.3) is 0 Å². The molecule has 2 N–H and O–H groups in total. The third kappa shape index (κ3) is 2.27. The van der Waals surface area contributed by atoms with Crippen molar-refractivity contribution in [3.63, 3.8) is 0 Å². The number of fused-ring (bicyclic) bond motifs is 2. The lowest BCUT2D eigenvalue weighted by Gasteiger charge is -2.63. The van der Waals surface area contributed by atoms with Gasteiger partial charge in [-0.1, -0.05) is 6.42 Å². The standard InChI is InChI=1S/C17H29N3OS/c1-18-16(19-11-4-5-12(10-11)22-2)20-14-13-6-9-21-15(13)17(14)7-3-8-17/h11-15H,3-10H2,1-2H3,(H2,18,19,20). The summed E-state index contributed by atoms with van der Waals surface area (Å²) < 4.78 is 6.01. The van der Waals surface area contributed by atoms with E-state index in [1.165, 1.54) is 44.9 Å². The summed E-state index contributed by atoms with van der Waals surface area (Å²) in [5.41, 5.74) is 0.427. The van der Waals surface area contributed by atoms with Crippen LogP contribution in [0.5, 0.6) is 0 Å². The van der Waals surface area contributed by atoms with E-state index in [1.807, 2.05) is 18.8 Å². The van der Waals surface area contributed by atoms with Crippen molar-refractivity contribution in [2.75, 3.05) is 19.9 Å². The van der Waals surface area contributed by atoms with Crippen LogP contribution in [0.3, 0.4) is 0 Å². The second kappa shape index (κ2) is 5.90. The molecule has 4 nitrogen and oxygen atoms in total. The number of hydrogen-bond acceptors (Lipinski definition) is 3. The molecule has 4 aliphatic rings. The number of rotatable bonds is 3. The highest BCUT2D eigenvalue weighted by Crippen LogP contribution is 2.62. The van der Waals surface area contributed by atoms with E-state index in [2.05, 4.69) is 21.9 Å². The van der Waals surface area contributed by atoms with Crippen LogP contribution in [0, 0.1) is 11.3 Å². The Balaban J connectivity index is 1.37. The third-order valence-corrected chi connectivity index (χ3v) is 7.71. The summed E-state index contributed by atoms with van der Waals surface area (Å²) in [7, 11) is 1.91.